The maximum absolute atomic E-state index is 4.37. The van der Waals surface area contributed by atoms with Gasteiger partial charge in [0, 0.05) is 19.3 Å². The first-order chi connectivity index (χ1) is 6.76. The molecular weight excluding hydrogens is 174 g/mol. The van der Waals surface area contributed by atoms with E-state index in [4.69, 9.17) is 0 Å². The minimum Gasteiger partial charge on any atom is -0.314 e. The van der Waals surface area contributed by atoms with Crippen molar-refractivity contribution in [2.75, 3.05) is 6.54 Å². The van der Waals surface area contributed by atoms with Gasteiger partial charge in [0.15, 0.2) is 0 Å². The summed E-state index contributed by atoms with van der Waals surface area (Å²) in [5, 5.41) is 7.84. The first-order valence-electron chi connectivity index (χ1n) is 5.48. The van der Waals surface area contributed by atoms with Crippen LogP contribution in [0.5, 0.6) is 0 Å². The molecule has 0 spiro atoms. The summed E-state index contributed by atoms with van der Waals surface area (Å²) in [6, 6.07) is 2.74. The Morgan fingerprint density at radius 1 is 1.50 bits per heavy atom. The van der Waals surface area contributed by atoms with Gasteiger partial charge in [0.1, 0.15) is 0 Å². The smallest absolute Gasteiger partial charge is 0.0625 e. The first-order valence-corrected chi connectivity index (χ1v) is 5.48. The lowest BCUT2D eigenvalue weighted by molar-refractivity contribution is 0.478. The van der Waals surface area contributed by atoms with Gasteiger partial charge in [-0.05, 0) is 31.9 Å². The van der Waals surface area contributed by atoms with E-state index >= 15 is 0 Å². The summed E-state index contributed by atoms with van der Waals surface area (Å²) in [6.45, 7) is 5.44. The van der Waals surface area contributed by atoms with Crippen molar-refractivity contribution in [2.45, 2.75) is 39.2 Å². The quantitative estimate of drug-likeness (QED) is 0.749. The van der Waals surface area contributed by atoms with Gasteiger partial charge in [0.2, 0.25) is 0 Å². The van der Waals surface area contributed by atoms with Gasteiger partial charge >= 0.3 is 0 Å². The van der Waals surface area contributed by atoms with E-state index in [1.54, 1.807) is 0 Å². The van der Waals surface area contributed by atoms with E-state index in [2.05, 4.69) is 30.3 Å². The van der Waals surface area contributed by atoms with Gasteiger partial charge in [-0.2, -0.15) is 5.10 Å². The second-order valence-corrected chi connectivity index (χ2v) is 3.68. The standard InChI is InChI=1S/C11H21N3/c1-4-10(12-5-2)6-7-11-8-9-14(3)13-11/h8-10,12H,4-7H2,1-3H3. The third-order valence-corrected chi connectivity index (χ3v) is 2.50. The van der Waals surface area contributed by atoms with E-state index < -0.39 is 0 Å². The van der Waals surface area contributed by atoms with Crippen LogP contribution < -0.4 is 5.32 Å². The predicted octanol–water partition coefficient (Wildman–Crippen LogP) is 1.74. The zero-order valence-corrected chi connectivity index (χ0v) is 9.45. The molecule has 1 unspecified atom stereocenters. The molecule has 0 aliphatic heterocycles. The van der Waals surface area contributed by atoms with Crippen molar-refractivity contribution in [1.82, 2.24) is 15.1 Å². The number of hydrogen-bond donors (Lipinski definition) is 1. The lowest BCUT2D eigenvalue weighted by Crippen LogP contribution is -2.28. The fourth-order valence-corrected chi connectivity index (χ4v) is 1.66. The largest absolute Gasteiger partial charge is 0.314 e. The summed E-state index contributed by atoms with van der Waals surface area (Å²) in [7, 11) is 1.96. The minimum atomic E-state index is 0.641. The summed E-state index contributed by atoms with van der Waals surface area (Å²) in [6.07, 6.45) is 5.46. The van der Waals surface area contributed by atoms with Crippen LogP contribution in [0.25, 0.3) is 0 Å². The predicted molar refractivity (Wildman–Crippen MR) is 59.3 cm³/mol. The molecule has 0 saturated heterocycles. The van der Waals surface area contributed by atoms with Gasteiger partial charge in [-0.3, -0.25) is 4.68 Å². The summed E-state index contributed by atoms with van der Waals surface area (Å²) >= 11 is 0. The third kappa shape index (κ3) is 3.50. The van der Waals surface area contributed by atoms with Gasteiger partial charge in [-0.1, -0.05) is 13.8 Å². The van der Waals surface area contributed by atoms with E-state index in [1.807, 2.05) is 17.9 Å². The number of rotatable bonds is 6. The van der Waals surface area contributed by atoms with Crippen LogP contribution >= 0.6 is 0 Å². The second kappa shape index (κ2) is 5.81. The van der Waals surface area contributed by atoms with Crippen LogP contribution in [0, 0.1) is 0 Å². The van der Waals surface area contributed by atoms with Gasteiger partial charge in [0.05, 0.1) is 5.69 Å². The second-order valence-electron chi connectivity index (χ2n) is 3.68. The molecule has 3 nitrogen and oxygen atoms in total. The molecule has 0 radical (unpaired) electrons. The Morgan fingerprint density at radius 3 is 2.79 bits per heavy atom. The highest BCUT2D eigenvalue weighted by Crippen LogP contribution is 2.04. The number of nitrogens with zero attached hydrogens (tertiary/aromatic N) is 2. The van der Waals surface area contributed by atoms with Crippen molar-refractivity contribution in [3.8, 4) is 0 Å². The molecule has 1 N–H and O–H groups in total. The van der Waals surface area contributed by atoms with Gasteiger partial charge in [-0.25, -0.2) is 0 Å². The maximum Gasteiger partial charge on any atom is 0.0625 e. The van der Waals surface area contributed by atoms with E-state index in [0.717, 1.165) is 13.0 Å². The van der Waals surface area contributed by atoms with Crippen molar-refractivity contribution in [3.05, 3.63) is 18.0 Å². The molecule has 1 rings (SSSR count). The van der Waals surface area contributed by atoms with Crippen LogP contribution in [-0.2, 0) is 13.5 Å². The van der Waals surface area contributed by atoms with Crippen molar-refractivity contribution >= 4 is 0 Å². The lowest BCUT2D eigenvalue weighted by Gasteiger charge is -2.14. The van der Waals surface area contributed by atoms with Crippen LogP contribution in [0.3, 0.4) is 0 Å². The molecule has 80 valence electrons. The number of aryl methyl sites for hydroxylation is 2. The summed E-state index contributed by atoms with van der Waals surface area (Å²) in [5.41, 5.74) is 1.20. The molecule has 3 heteroatoms. The first kappa shape index (κ1) is 11.2. The molecule has 0 fully saturated rings. The zero-order chi connectivity index (χ0) is 10.4. The van der Waals surface area contributed by atoms with Gasteiger partial charge < -0.3 is 5.32 Å². The van der Waals surface area contributed by atoms with Crippen LogP contribution in [0.4, 0.5) is 0 Å². The molecule has 0 saturated carbocycles. The molecule has 0 bridgehead atoms. The molecule has 14 heavy (non-hydrogen) atoms. The molecule has 0 aliphatic carbocycles. The minimum absolute atomic E-state index is 0.641. The van der Waals surface area contributed by atoms with Crippen molar-refractivity contribution in [3.63, 3.8) is 0 Å². The lowest BCUT2D eigenvalue weighted by atomic mass is 10.1. The van der Waals surface area contributed by atoms with E-state index in [9.17, 15) is 0 Å². The Kier molecular flexibility index (Phi) is 4.66. The third-order valence-electron chi connectivity index (χ3n) is 2.50. The Balaban J connectivity index is 2.31. The monoisotopic (exact) mass is 195 g/mol. The topological polar surface area (TPSA) is 29.9 Å². The molecule has 0 amide bonds. The van der Waals surface area contributed by atoms with E-state index in [1.165, 1.54) is 18.5 Å². The Bertz CT molecular complexity index is 255. The normalized spacial score (nSPS) is 13.1. The highest BCUT2D eigenvalue weighted by Gasteiger charge is 2.05. The number of aromatic nitrogens is 2. The van der Waals surface area contributed by atoms with Crippen LogP contribution in [-0.4, -0.2) is 22.4 Å². The number of hydrogen-bond acceptors (Lipinski definition) is 2. The summed E-state index contributed by atoms with van der Waals surface area (Å²) < 4.78 is 1.86. The van der Waals surface area contributed by atoms with E-state index in [-0.39, 0.29) is 0 Å². The SMILES string of the molecule is CCNC(CC)CCc1ccn(C)n1. The average Bonchev–Trinajstić information content (AvgIpc) is 2.59. The highest BCUT2D eigenvalue weighted by atomic mass is 15.2. The van der Waals surface area contributed by atoms with Gasteiger partial charge in [0.25, 0.3) is 0 Å². The van der Waals surface area contributed by atoms with Gasteiger partial charge in [-0.15, -0.1) is 0 Å². The molecule has 1 aromatic heterocycles. The van der Waals surface area contributed by atoms with Crippen molar-refractivity contribution < 1.29 is 0 Å². The fraction of sp³-hybridized carbons (Fsp3) is 0.727. The molecular formula is C11H21N3. The zero-order valence-electron chi connectivity index (χ0n) is 9.45. The van der Waals surface area contributed by atoms with Crippen LogP contribution in [0.1, 0.15) is 32.4 Å². The Morgan fingerprint density at radius 2 is 2.29 bits per heavy atom. The van der Waals surface area contributed by atoms with E-state index in [0.29, 0.717) is 6.04 Å². The fourth-order valence-electron chi connectivity index (χ4n) is 1.66. The highest BCUT2D eigenvalue weighted by molar-refractivity contribution is 4.99. The molecule has 1 atom stereocenters. The Labute approximate surface area is 86.5 Å². The van der Waals surface area contributed by atoms with Crippen LogP contribution in [0.2, 0.25) is 0 Å². The van der Waals surface area contributed by atoms with Crippen molar-refractivity contribution in [1.29, 1.82) is 0 Å². The number of nitrogens with one attached hydrogen (secondary N) is 1. The van der Waals surface area contributed by atoms with Crippen LogP contribution in [0.15, 0.2) is 12.3 Å². The Hall–Kier alpha value is -0.830. The summed E-state index contributed by atoms with van der Waals surface area (Å²) in [4.78, 5) is 0. The molecule has 0 aliphatic rings. The molecule has 0 aromatic carbocycles. The summed E-state index contributed by atoms with van der Waals surface area (Å²) in [5.74, 6) is 0. The van der Waals surface area contributed by atoms with Crippen molar-refractivity contribution in [2.24, 2.45) is 7.05 Å². The molecule has 1 heterocycles. The average molecular weight is 195 g/mol. The maximum atomic E-state index is 4.37. The molecule has 1 aromatic rings.